The summed E-state index contributed by atoms with van der Waals surface area (Å²) >= 11 is 11.6. The lowest BCUT2D eigenvalue weighted by Crippen LogP contribution is -2.30. The molecule has 18 heavy (non-hydrogen) atoms. The van der Waals surface area contributed by atoms with Gasteiger partial charge in [-0.15, -0.1) is 0 Å². The predicted molar refractivity (Wildman–Crippen MR) is 69.1 cm³/mol. The monoisotopic (exact) mass is 292 g/mol. The molecule has 1 amide bonds. The van der Waals surface area contributed by atoms with Crippen molar-refractivity contribution >= 4 is 29.1 Å². The van der Waals surface area contributed by atoms with E-state index in [0.717, 1.165) is 0 Å². The summed E-state index contributed by atoms with van der Waals surface area (Å²) in [6.45, 7) is 0.960. The molecule has 0 spiro atoms. The molecule has 1 aromatic rings. The zero-order chi connectivity index (χ0) is 13.5. The number of aliphatic hydroxyl groups is 1. The first-order chi connectivity index (χ1) is 8.56. The molecule has 0 saturated heterocycles. The Bertz CT molecular complexity index is 415. The highest BCUT2D eigenvalue weighted by atomic mass is 35.5. The molecular weight excluding hydrogens is 279 g/mol. The number of aromatic nitrogens is 1. The van der Waals surface area contributed by atoms with Crippen LogP contribution < -0.4 is 0 Å². The van der Waals surface area contributed by atoms with Crippen molar-refractivity contribution < 1.29 is 14.6 Å². The van der Waals surface area contributed by atoms with Crippen LogP contribution in [0.5, 0.6) is 0 Å². The second kappa shape index (κ2) is 7.53. The summed E-state index contributed by atoms with van der Waals surface area (Å²) in [6, 6.07) is 1.43. The zero-order valence-electron chi connectivity index (χ0n) is 9.90. The SMILES string of the molecule is CN(CCOCCO)C(=O)c1cc(Cl)ncc1Cl. The largest absolute Gasteiger partial charge is 0.394 e. The maximum absolute atomic E-state index is 12.0. The molecule has 7 heteroatoms. The van der Waals surface area contributed by atoms with E-state index < -0.39 is 0 Å². The van der Waals surface area contributed by atoms with Crippen LogP contribution in [0, 0.1) is 0 Å². The quantitative estimate of drug-likeness (QED) is 0.637. The first-order valence-electron chi connectivity index (χ1n) is 5.31. The van der Waals surface area contributed by atoms with Gasteiger partial charge >= 0.3 is 0 Å². The van der Waals surface area contributed by atoms with E-state index in [4.69, 9.17) is 33.0 Å². The summed E-state index contributed by atoms with van der Waals surface area (Å²) in [6.07, 6.45) is 1.34. The van der Waals surface area contributed by atoms with Crippen molar-refractivity contribution in [2.75, 3.05) is 33.4 Å². The van der Waals surface area contributed by atoms with Gasteiger partial charge in [-0.2, -0.15) is 0 Å². The zero-order valence-corrected chi connectivity index (χ0v) is 11.4. The van der Waals surface area contributed by atoms with Gasteiger partial charge in [-0.05, 0) is 6.07 Å². The third kappa shape index (κ3) is 4.42. The highest BCUT2D eigenvalue weighted by Crippen LogP contribution is 2.19. The van der Waals surface area contributed by atoms with E-state index >= 15 is 0 Å². The minimum absolute atomic E-state index is 0.0382. The van der Waals surface area contributed by atoms with Crippen LogP contribution in [0.25, 0.3) is 0 Å². The summed E-state index contributed by atoms with van der Waals surface area (Å²) in [7, 11) is 1.63. The van der Waals surface area contributed by atoms with E-state index in [1.165, 1.54) is 17.2 Å². The Kier molecular flexibility index (Phi) is 6.35. The second-order valence-corrected chi connectivity index (χ2v) is 4.34. The second-order valence-electron chi connectivity index (χ2n) is 3.55. The van der Waals surface area contributed by atoms with Gasteiger partial charge in [0.2, 0.25) is 0 Å². The van der Waals surface area contributed by atoms with Crippen LogP contribution in [0.1, 0.15) is 10.4 Å². The number of hydrogen-bond acceptors (Lipinski definition) is 4. The third-order valence-electron chi connectivity index (χ3n) is 2.21. The Morgan fingerprint density at radius 2 is 2.22 bits per heavy atom. The summed E-state index contributed by atoms with van der Waals surface area (Å²) in [5, 5.41) is 9.01. The molecular formula is C11H14Cl2N2O3. The number of carbonyl (C=O) groups excluding carboxylic acids is 1. The lowest BCUT2D eigenvalue weighted by Gasteiger charge is -2.17. The van der Waals surface area contributed by atoms with Gasteiger partial charge in [0.25, 0.3) is 5.91 Å². The minimum Gasteiger partial charge on any atom is -0.394 e. The molecule has 1 rings (SSSR count). The third-order valence-corrected chi connectivity index (χ3v) is 2.71. The first-order valence-corrected chi connectivity index (χ1v) is 6.07. The number of likely N-dealkylation sites (N-methyl/N-ethyl adjacent to an activating group) is 1. The molecule has 5 nitrogen and oxygen atoms in total. The Labute approximate surface area is 115 Å². The molecule has 0 bridgehead atoms. The van der Waals surface area contributed by atoms with Gasteiger partial charge in [-0.25, -0.2) is 4.98 Å². The van der Waals surface area contributed by atoms with E-state index in [0.29, 0.717) is 18.7 Å². The average molecular weight is 293 g/mol. The van der Waals surface area contributed by atoms with E-state index in [1.54, 1.807) is 7.05 Å². The van der Waals surface area contributed by atoms with Crippen LogP contribution in [0.15, 0.2) is 12.3 Å². The number of halogens is 2. The molecule has 0 fully saturated rings. The van der Waals surface area contributed by atoms with E-state index in [9.17, 15) is 4.79 Å². The fraction of sp³-hybridized carbons (Fsp3) is 0.455. The van der Waals surface area contributed by atoms with Crippen molar-refractivity contribution in [2.45, 2.75) is 0 Å². The van der Waals surface area contributed by atoms with Crippen molar-refractivity contribution in [2.24, 2.45) is 0 Å². The van der Waals surface area contributed by atoms with Crippen LogP contribution in [0.4, 0.5) is 0 Å². The number of nitrogens with zero attached hydrogens (tertiary/aromatic N) is 2. The summed E-state index contributed by atoms with van der Waals surface area (Å²) in [5.41, 5.74) is 0.307. The highest BCUT2D eigenvalue weighted by Gasteiger charge is 2.15. The molecule has 0 aliphatic rings. The Morgan fingerprint density at radius 3 is 2.89 bits per heavy atom. The number of aliphatic hydroxyl groups excluding tert-OH is 1. The maximum Gasteiger partial charge on any atom is 0.255 e. The lowest BCUT2D eigenvalue weighted by molar-refractivity contribution is 0.0618. The van der Waals surface area contributed by atoms with Crippen molar-refractivity contribution in [1.29, 1.82) is 0 Å². The molecule has 100 valence electrons. The molecule has 1 aromatic heterocycles. The number of pyridine rings is 1. The molecule has 1 heterocycles. The molecule has 0 saturated carbocycles. The normalized spacial score (nSPS) is 10.4. The van der Waals surface area contributed by atoms with Crippen LogP contribution in [-0.4, -0.2) is 54.3 Å². The van der Waals surface area contributed by atoms with Crippen LogP contribution in [0.3, 0.4) is 0 Å². The fourth-order valence-electron chi connectivity index (χ4n) is 1.25. The fourth-order valence-corrected chi connectivity index (χ4v) is 1.59. The molecule has 0 unspecified atom stereocenters. The summed E-state index contributed by atoms with van der Waals surface area (Å²) in [4.78, 5) is 17.3. The molecule has 0 aromatic carbocycles. The van der Waals surface area contributed by atoms with Crippen molar-refractivity contribution in [3.8, 4) is 0 Å². The van der Waals surface area contributed by atoms with Gasteiger partial charge in [0.05, 0.1) is 30.4 Å². The number of ether oxygens (including phenoxy) is 1. The topological polar surface area (TPSA) is 62.7 Å². The Hall–Kier alpha value is -0.880. The van der Waals surface area contributed by atoms with Gasteiger partial charge in [-0.1, -0.05) is 23.2 Å². The van der Waals surface area contributed by atoms with E-state index in [1.807, 2.05) is 0 Å². The standard InChI is InChI=1S/C11H14Cl2N2O3/c1-15(2-4-18-5-3-16)11(17)8-6-10(13)14-7-9(8)12/h6-7,16H,2-5H2,1H3. The van der Waals surface area contributed by atoms with Crippen molar-refractivity contribution in [3.05, 3.63) is 28.0 Å². The van der Waals surface area contributed by atoms with Crippen molar-refractivity contribution in [1.82, 2.24) is 9.88 Å². The summed E-state index contributed by atoms with van der Waals surface area (Å²) < 4.78 is 5.08. The molecule has 0 aliphatic carbocycles. The Balaban J connectivity index is 2.60. The van der Waals surface area contributed by atoms with Crippen LogP contribution >= 0.6 is 23.2 Å². The molecule has 0 radical (unpaired) electrons. The number of hydrogen-bond donors (Lipinski definition) is 1. The highest BCUT2D eigenvalue weighted by molar-refractivity contribution is 6.35. The maximum atomic E-state index is 12.0. The predicted octanol–water partition coefficient (Wildman–Crippen LogP) is 1.47. The number of amides is 1. The molecule has 0 atom stereocenters. The van der Waals surface area contributed by atoms with Gasteiger partial charge in [-0.3, -0.25) is 4.79 Å². The molecule has 0 aliphatic heterocycles. The van der Waals surface area contributed by atoms with Crippen LogP contribution in [0.2, 0.25) is 10.2 Å². The van der Waals surface area contributed by atoms with Gasteiger partial charge < -0.3 is 14.7 Å². The molecule has 1 N–H and O–H groups in total. The summed E-state index contributed by atoms with van der Waals surface area (Å²) in [5.74, 6) is -0.253. The average Bonchev–Trinajstić information content (AvgIpc) is 2.36. The minimum atomic E-state index is -0.253. The van der Waals surface area contributed by atoms with Crippen LogP contribution in [-0.2, 0) is 4.74 Å². The van der Waals surface area contributed by atoms with Gasteiger partial charge in [0.15, 0.2) is 0 Å². The van der Waals surface area contributed by atoms with Crippen molar-refractivity contribution in [3.63, 3.8) is 0 Å². The first kappa shape index (κ1) is 15.2. The van der Waals surface area contributed by atoms with E-state index in [-0.39, 0.29) is 29.3 Å². The number of rotatable bonds is 6. The number of carbonyl (C=O) groups is 1. The van der Waals surface area contributed by atoms with E-state index in [2.05, 4.69) is 4.98 Å². The van der Waals surface area contributed by atoms with Gasteiger partial charge in [0, 0.05) is 19.8 Å². The van der Waals surface area contributed by atoms with Gasteiger partial charge in [0.1, 0.15) is 5.15 Å². The smallest absolute Gasteiger partial charge is 0.255 e. The lowest BCUT2D eigenvalue weighted by atomic mass is 10.2. The Morgan fingerprint density at radius 1 is 1.50 bits per heavy atom.